The van der Waals surface area contributed by atoms with E-state index in [4.69, 9.17) is 5.26 Å². The predicted molar refractivity (Wildman–Crippen MR) is 76.5 cm³/mol. The van der Waals surface area contributed by atoms with Crippen LogP contribution in [-0.2, 0) is 16.6 Å². The molecule has 110 valence electrons. The molecule has 0 bridgehead atoms. The Morgan fingerprint density at radius 1 is 1.38 bits per heavy atom. The van der Waals surface area contributed by atoms with Gasteiger partial charge < -0.3 is 0 Å². The molecule has 0 aliphatic rings. The molecule has 0 saturated heterocycles. The molecule has 1 aromatic heterocycles. The molecule has 2 rings (SSSR count). The minimum absolute atomic E-state index is 0.0306. The average molecular weight is 325 g/mol. The summed E-state index contributed by atoms with van der Waals surface area (Å²) in [4.78, 5) is 3.74. The van der Waals surface area contributed by atoms with E-state index in [0.29, 0.717) is 5.56 Å². The molecule has 0 radical (unpaired) electrons. The molecule has 0 saturated carbocycles. The minimum atomic E-state index is -3.70. The van der Waals surface area contributed by atoms with Gasteiger partial charge in [0.2, 0.25) is 0 Å². The Morgan fingerprint density at radius 3 is 2.57 bits per heavy atom. The summed E-state index contributed by atoms with van der Waals surface area (Å²) in [7, 11) is -3.70. The van der Waals surface area contributed by atoms with Crippen LogP contribution >= 0.6 is 11.3 Å². The summed E-state index contributed by atoms with van der Waals surface area (Å²) in [6.45, 7) is 2.12. The van der Waals surface area contributed by atoms with Crippen LogP contribution < -0.4 is 0 Å². The molecule has 0 unspecified atom stereocenters. The molecule has 0 spiro atoms. The number of rotatable bonds is 5. The lowest BCUT2D eigenvalue weighted by Crippen LogP contribution is -2.29. The first-order valence-electron chi connectivity index (χ1n) is 6.08. The van der Waals surface area contributed by atoms with Gasteiger partial charge in [0.15, 0.2) is 9.22 Å². The van der Waals surface area contributed by atoms with Crippen LogP contribution in [0.1, 0.15) is 17.5 Å². The fourth-order valence-electron chi connectivity index (χ4n) is 1.72. The molecule has 1 aromatic carbocycles. The number of thiazole rings is 1. The van der Waals surface area contributed by atoms with E-state index in [-0.39, 0.29) is 28.1 Å². The van der Waals surface area contributed by atoms with Crippen LogP contribution in [0.25, 0.3) is 0 Å². The Balaban J connectivity index is 2.27. The molecule has 0 N–H and O–H groups in total. The van der Waals surface area contributed by atoms with Gasteiger partial charge >= 0.3 is 0 Å². The summed E-state index contributed by atoms with van der Waals surface area (Å²) in [5.41, 5.74) is 0.687. The molecule has 0 aliphatic carbocycles. The minimum Gasteiger partial charge on any atom is -0.233 e. The molecule has 21 heavy (non-hydrogen) atoms. The van der Waals surface area contributed by atoms with Crippen LogP contribution in [0.15, 0.2) is 34.7 Å². The highest BCUT2D eigenvalue weighted by Crippen LogP contribution is 2.23. The third-order valence-corrected chi connectivity index (χ3v) is 6.06. The van der Waals surface area contributed by atoms with Crippen molar-refractivity contribution in [2.45, 2.75) is 17.7 Å². The lowest BCUT2D eigenvalue weighted by molar-refractivity contribution is 0.424. The van der Waals surface area contributed by atoms with E-state index in [1.807, 2.05) is 6.07 Å². The quantitative estimate of drug-likeness (QED) is 0.846. The maximum Gasteiger partial charge on any atom is 0.254 e. The lowest BCUT2D eigenvalue weighted by atomic mass is 10.2. The zero-order valence-electron chi connectivity index (χ0n) is 11.2. The number of hydrogen-bond donors (Lipinski definition) is 0. The lowest BCUT2D eigenvalue weighted by Gasteiger charge is -2.19. The second-order valence-electron chi connectivity index (χ2n) is 4.15. The molecule has 0 fully saturated rings. The Morgan fingerprint density at radius 2 is 2.05 bits per heavy atom. The van der Waals surface area contributed by atoms with E-state index in [0.717, 1.165) is 11.3 Å². The monoisotopic (exact) mass is 325 g/mol. The molecule has 0 atom stereocenters. The Bertz CT molecular complexity index is 763. The van der Waals surface area contributed by atoms with Gasteiger partial charge in [-0.25, -0.2) is 17.8 Å². The van der Waals surface area contributed by atoms with E-state index in [1.165, 1.54) is 22.6 Å². The van der Waals surface area contributed by atoms with Crippen molar-refractivity contribution in [1.82, 2.24) is 9.29 Å². The van der Waals surface area contributed by atoms with E-state index in [1.54, 1.807) is 19.1 Å². The summed E-state index contributed by atoms with van der Waals surface area (Å²) in [5.74, 6) is -0.370. The fourth-order valence-corrected chi connectivity index (χ4v) is 4.24. The van der Waals surface area contributed by atoms with Gasteiger partial charge in [-0.15, -0.1) is 0 Å². The predicted octanol–water partition coefficient (Wildman–Crippen LogP) is 2.36. The van der Waals surface area contributed by atoms with Crippen molar-refractivity contribution in [3.63, 3.8) is 0 Å². The van der Waals surface area contributed by atoms with Crippen molar-refractivity contribution in [3.05, 3.63) is 46.9 Å². The second-order valence-corrected chi connectivity index (χ2v) is 7.35. The van der Waals surface area contributed by atoms with Gasteiger partial charge in [-0.1, -0.05) is 30.4 Å². The van der Waals surface area contributed by atoms with E-state index in [9.17, 15) is 12.8 Å². The zero-order chi connectivity index (χ0) is 15.5. The van der Waals surface area contributed by atoms with Crippen molar-refractivity contribution >= 4 is 21.4 Å². The topological polar surface area (TPSA) is 74.1 Å². The Kier molecular flexibility index (Phi) is 4.67. The molecule has 1 heterocycles. The van der Waals surface area contributed by atoms with Crippen LogP contribution in [0, 0.1) is 17.1 Å². The molecular weight excluding hydrogens is 313 g/mol. The van der Waals surface area contributed by atoms with E-state index < -0.39 is 10.0 Å². The summed E-state index contributed by atoms with van der Waals surface area (Å²) >= 11 is 0.835. The average Bonchev–Trinajstić information content (AvgIpc) is 2.96. The number of sulfonamides is 1. The SMILES string of the molecule is CCN(Cc1ccc(F)cc1)S(=O)(=O)c1cnc(C#N)s1. The summed E-state index contributed by atoms with van der Waals surface area (Å²) in [6, 6.07) is 7.48. The van der Waals surface area contributed by atoms with Gasteiger partial charge in [-0.3, -0.25) is 0 Å². The van der Waals surface area contributed by atoms with E-state index >= 15 is 0 Å². The van der Waals surface area contributed by atoms with Gasteiger partial charge in [0.1, 0.15) is 11.9 Å². The zero-order valence-corrected chi connectivity index (χ0v) is 12.8. The van der Waals surface area contributed by atoms with Gasteiger partial charge in [-0.2, -0.15) is 9.57 Å². The number of nitriles is 1. The van der Waals surface area contributed by atoms with Crippen LogP contribution in [0.3, 0.4) is 0 Å². The Hall–Kier alpha value is -1.82. The first-order chi connectivity index (χ1) is 9.97. The highest BCUT2D eigenvalue weighted by atomic mass is 32.2. The van der Waals surface area contributed by atoms with Crippen LogP contribution in [0.4, 0.5) is 4.39 Å². The molecule has 0 amide bonds. The second kappa shape index (κ2) is 6.30. The van der Waals surface area contributed by atoms with Crippen molar-refractivity contribution in [2.24, 2.45) is 0 Å². The molecule has 8 heteroatoms. The Labute approximate surface area is 126 Å². The van der Waals surface area contributed by atoms with Crippen LogP contribution in [-0.4, -0.2) is 24.3 Å². The fraction of sp³-hybridized carbons (Fsp3) is 0.231. The smallest absolute Gasteiger partial charge is 0.233 e. The first-order valence-corrected chi connectivity index (χ1v) is 8.33. The maximum absolute atomic E-state index is 12.9. The standard InChI is InChI=1S/C13H12FN3O2S2/c1-2-17(9-10-3-5-11(14)6-4-10)21(18,19)13-8-16-12(7-15)20-13/h3-6,8H,2,9H2,1H3. The number of hydrogen-bond acceptors (Lipinski definition) is 5. The highest BCUT2D eigenvalue weighted by Gasteiger charge is 2.25. The number of halogens is 1. The number of nitrogens with zero attached hydrogens (tertiary/aromatic N) is 3. The number of benzene rings is 1. The summed E-state index contributed by atoms with van der Waals surface area (Å²) in [6.07, 6.45) is 1.19. The third-order valence-electron chi connectivity index (χ3n) is 2.80. The number of aromatic nitrogens is 1. The molecular formula is C13H12FN3O2S2. The largest absolute Gasteiger partial charge is 0.254 e. The molecule has 5 nitrogen and oxygen atoms in total. The van der Waals surface area contributed by atoms with Gasteiger partial charge in [0.05, 0.1) is 6.20 Å². The van der Waals surface area contributed by atoms with Gasteiger partial charge in [0, 0.05) is 13.1 Å². The highest BCUT2D eigenvalue weighted by molar-refractivity contribution is 7.91. The van der Waals surface area contributed by atoms with Crippen molar-refractivity contribution < 1.29 is 12.8 Å². The van der Waals surface area contributed by atoms with Gasteiger partial charge in [0.25, 0.3) is 10.0 Å². The van der Waals surface area contributed by atoms with Crippen molar-refractivity contribution in [1.29, 1.82) is 5.26 Å². The van der Waals surface area contributed by atoms with Crippen molar-refractivity contribution in [2.75, 3.05) is 6.54 Å². The van der Waals surface area contributed by atoms with Crippen LogP contribution in [0.5, 0.6) is 0 Å². The summed E-state index contributed by atoms with van der Waals surface area (Å²) < 4.78 is 39.1. The first kappa shape index (κ1) is 15.6. The molecule has 2 aromatic rings. The van der Waals surface area contributed by atoms with Crippen LogP contribution in [0.2, 0.25) is 0 Å². The molecule has 0 aliphatic heterocycles. The normalized spacial score (nSPS) is 11.5. The third kappa shape index (κ3) is 3.44. The maximum atomic E-state index is 12.9. The van der Waals surface area contributed by atoms with Crippen molar-refractivity contribution in [3.8, 4) is 6.07 Å². The van der Waals surface area contributed by atoms with Gasteiger partial charge in [-0.05, 0) is 17.7 Å². The van der Waals surface area contributed by atoms with E-state index in [2.05, 4.69) is 4.98 Å². The summed E-state index contributed by atoms with van der Waals surface area (Å²) in [5, 5.41) is 8.83.